The molecule has 0 bridgehead atoms. The minimum absolute atomic E-state index is 0.249. The van der Waals surface area contributed by atoms with Crippen molar-refractivity contribution in [2.75, 3.05) is 0 Å². The third-order valence-corrected chi connectivity index (χ3v) is 4.31. The lowest BCUT2D eigenvalue weighted by atomic mass is 9.92. The van der Waals surface area contributed by atoms with Gasteiger partial charge in [0.05, 0.1) is 9.39 Å². The number of thiophene rings is 1. The molecule has 0 saturated heterocycles. The Labute approximate surface area is 118 Å². The number of rotatable bonds is 4. The van der Waals surface area contributed by atoms with E-state index < -0.39 is 5.60 Å². The molecule has 2 rings (SSSR count). The van der Waals surface area contributed by atoms with Crippen molar-refractivity contribution < 1.29 is 9.50 Å². The van der Waals surface area contributed by atoms with Gasteiger partial charge in [-0.3, -0.25) is 0 Å². The molecule has 0 saturated carbocycles. The van der Waals surface area contributed by atoms with E-state index in [1.165, 1.54) is 12.1 Å². The molecule has 0 aliphatic heterocycles. The third-order valence-electron chi connectivity index (χ3n) is 2.68. The first kappa shape index (κ1) is 13.7. The van der Waals surface area contributed by atoms with Gasteiger partial charge in [-0.1, -0.05) is 12.1 Å². The number of hydrogen-bond donors (Lipinski definition) is 1. The van der Waals surface area contributed by atoms with Crippen molar-refractivity contribution in [1.29, 1.82) is 0 Å². The summed E-state index contributed by atoms with van der Waals surface area (Å²) in [5, 5.41) is 10.4. The molecule has 1 nitrogen and oxygen atoms in total. The SMILES string of the molecule is CC(O)(Cc1ccc(F)cc1)Cc1ccc(Br)s1. The normalized spacial score (nSPS) is 14.4. The van der Waals surface area contributed by atoms with Gasteiger partial charge in [0.25, 0.3) is 0 Å². The molecule has 1 heterocycles. The fourth-order valence-corrected chi connectivity index (χ4v) is 3.59. The van der Waals surface area contributed by atoms with Gasteiger partial charge in [-0.25, -0.2) is 4.39 Å². The van der Waals surface area contributed by atoms with E-state index in [4.69, 9.17) is 0 Å². The van der Waals surface area contributed by atoms with Crippen LogP contribution in [0.2, 0.25) is 0 Å². The van der Waals surface area contributed by atoms with Crippen LogP contribution in [-0.2, 0) is 12.8 Å². The highest BCUT2D eigenvalue weighted by Crippen LogP contribution is 2.27. The van der Waals surface area contributed by atoms with Crippen LogP contribution < -0.4 is 0 Å². The Hall–Kier alpha value is -0.710. The quantitative estimate of drug-likeness (QED) is 0.892. The van der Waals surface area contributed by atoms with Gasteiger partial charge in [-0.2, -0.15) is 0 Å². The second-order valence-corrected chi connectivity index (χ2v) is 7.23. The van der Waals surface area contributed by atoms with E-state index in [9.17, 15) is 9.50 Å². The maximum Gasteiger partial charge on any atom is 0.123 e. The number of hydrogen-bond acceptors (Lipinski definition) is 2. The summed E-state index contributed by atoms with van der Waals surface area (Å²) in [6.07, 6.45) is 1.11. The first-order valence-corrected chi connectivity index (χ1v) is 7.27. The maximum atomic E-state index is 12.8. The lowest BCUT2D eigenvalue weighted by Gasteiger charge is -2.22. The second kappa shape index (κ2) is 5.51. The van der Waals surface area contributed by atoms with Crippen molar-refractivity contribution in [3.8, 4) is 0 Å². The predicted molar refractivity (Wildman–Crippen MR) is 76.5 cm³/mol. The van der Waals surface area contributed by atoms with Gasteiger partial charge in [0, 0.05) is 17.7 Å². The Balaban J connectivity index is 2.04. The minimum atomic E-state index is -0.817. The summed E-state index contributed by atoms with van der Waals surface area (Å²) in [6, 6.07) is 10.3. The van der Waals surface area contributed by atoms with E-state index >= 15 is 0 Å². The van der Waals surface area contributed by atoms with Crippen LogP contribution in [0.25, 0.3) is 0 Å². The average molecular weight is 329 g/mol. The van der Waals surface area contributed by atoms with Crippen LogP contribution in [0.1, 0.15) is 17.4 Å². The molecule has 18 heavy (non-hydrogen) atoms. The van der Waals surface area contributed by atoms with Gasteiger partial charge >= 0.3 is 0 Å². The summed E-state index contributed by atoms with van der Waals surface area (Å²) in [6.45, 7) is 1.81. The zero-order valence-electron chi connectivity index (χ0n) is 9.99. The molecule has 1 N–H and O–H groups in total. The molecule has 0 aliphatic rings. The lowest BCUT2D eigenvalue weighted by molar-refractivity contribution is 0.0616. The van der Waals surface area contributed by atoms with Crippen molar-refractivity contribution in [2.24, 2.45) is 0 Å². The monoisotopic (exact) mass is 328 g/mol. The Morgan fingerprint density at radius 2 is 1.83 bits per heavy atom. The number of aliphatic hydroxyl groups is 1. The highest BCUT2D eigenvalue weighted by atomic mass is 79.9. The van der Waals surface area contributed by atoms with E-state index in [0.29, 0.717) is 12.8 Å². The largest absolute Gasteiger partial charge is 0.389 e. The van der Waals surface area contributed by atoms with Crippen LogP contribution in [-0.4, -0.2) is 10.7 Å². The molecule has 1 aromatic heterocycles. The van der Waals surface area contributed by atoms with Gasteiger partial charge in [0.2, 0.25) is 0 Å². The molecular weight excluding hydrogens is 315 g/mol. The van der Waals surface area contributed by atoms with E-state index in [1.807, 2.05) is 19.1 Å². The van der Waals surface area contributed by atoms with Crippen molar-refractivity contribution >= 4 is 27.3 Å². The molecule has 2 aromatic rings. The molecule has 4 heteroatoms. The fraction of sp³-hybridized carbons (Fsp3) is 0.286. The molecule has 1 atom stereocenters. The third kappa shape index (κ3) is 3.90. The van der Waals surface area contributed by atoms with Crippen molar-refractivity contribution in [3.63, 3.8) is 0 Å². The van der Waals surface area contributed by atoms with Gasteiger partial charge in [-0.15, -0.1) is 11.3 Å². The number of halogens is 2. The van der Waals surface area contributed by atoms with E-state index in [0.717, 1.165) is 14.2 Å². The van der Waals surface area contributed by atoms with E-state index in [2.05, 4.69) is 15.9 Å². The fourth-order valence-electron chi connectivity index (χ4n) is 1.93. The first-order chi connectivity index (χ1) is 8.44. The standard InChI is InChI=1S/C14H14BrFOS/c1-14(17,9-12-6-7-13(15)18-12)8-10-2-4-11(16)5-3-10/h2-7,17H,8-9H2,1H3. The molecule has 1 unspecified atom stereocenters. The second-order valence-electron chi connectivity index (χ2n) is 4.68. The zero-order valence-corrected chi connectivity index (χ0v) is 12.4. The average Bonchev–Trinajstić information content (AvgIpc) is 2.66. The summed E-state index contributed by atoms with van der Waals surface area (Å²) in [5.41, 5.74) is 0.124. The van der Waals surface area contributed by atoms with E-state index in [1.54, 1.807) is 23.5 Å². The summed E-state index contributed by atoms with van der Waals surface area (Å²) in [4.78, 5) is 1.13. The Morgan fingerprint density at radius 1 is 1.17 bits per heavy atom. The Morgan fingerprint density at radius 3 is 2.39 bits per heavy atom. The molecule has 0 radical (unpaired) electrons. The molecule has 1 aromatic carbocycles. The van der Waals surface area contributed by atoms with Gasteiger partial charge in [-0.05, 0) is 52.7 Å². The maximum absolute atomic E-state index is 12.8. The summed E-state index contributed by atoms with van der Waals surface area (Å²) in [7, 11) is 0. The number of benzene rings is 1. The molecule has 0 fully saturated rings. The lowest BCUT2D eigenvalue weighted by Crippen LogP contribution is -2.29. The highest BCUT2D eigenvalue weighted by molar-refractivity contribution is 9.11. The van der Waals surface area contributed by atoms with Gasteiger partial charge < -0.3 is 5.11 Å². The molecule has 0 spiro atoms. The summed E-state index contributed by atoms with van der Waals surface area (Å²) in [5.74, 6) is -0.249. The van der Waals surface area contributed by atoms with Crippen LogP contribution >= 0.6 is 27.3 Å². The van der Waals surface area contributed by atoms with Crippen LogP contribution in [0.4, 0.5) is 4.39 Å². The molecule has 0 aliphatic carbocycles. The van der Waals surface area contributed by atoms with E-state index in [-0.39, 0.29) is 5.82 Å². The van der Waals surface area contributed by atoms with Crippen molar-refractivity contribution in [2.45, 2.75) is 25.4 Å². The zero-order chi connectivity index (χ0) is 13.2. The topological polar surface area (TPSA) is 20.2 Å². The van der Waals surface area contributed by atoms with Gasteiger partial charge in [0.1, 0.15) is 5.82 Å². The van der Waals surface area contributed by atoms with Crippen LogP contribution in [0, 0.1) is 5.82 Å². The molecular formula is C14H14BrFOS. The minimum Gasteiger partial charge on any atom is -0.389 e. The van der Waals surface area contributed by atoms with Crippen LogP contribution in [0.15, 0.2) is 40.2 Å². The van der Waals surface area contributed by atoms with Crippen LogP contribution in [0.3, 0.4) is 0 Å². The van der Waals surface area contributed by atoms with Gasteiger partial charge in [0.15, 0.2) is 0 Å². The van der Waals surface area contributed by atoms with Crippen molar-refractivity contribution in [3.05, 3.63) is 56.4 Å². The molecule has 96 valence electrons. The highest BCUT2D eigenvalue weighted by Gasteiger charge is 2.22. The Bertz CT molecular complexity index is 519. The smallest absolute Gasteiger partial charge is 0.123 e. The molecule has 0 amide bonds. The summed E-state index contributed by atoms with van der Waals surface area (Å²) < 4.78 is 13.9. The first-order valence-electron chi connectivity index (χ1n) is 5.66. The Kier molecular flexibility index (Phi) is 4.20. The van der Waals surface area contributed by atoms with Crippen molar-refractivity contribution in [1.82, 2.24) is 0 Å². The summed E-state index contributed by atoms with van der Waals surface area (Å²) >= 11 is 5.03. The van der Waals surface area contributed by atoms with Crippen LogP contribution in [0.5, 0.6) is 0 Å². The predicted octanol–water partition coefficient (Wildman–Crippen LogP) is 4.19.